The van der Waals surface area contributed by atoms with E-state index in [4.69, 9.17) is 15.3 Å². The molecule has 2 aromatic heterocycles. The van der Waals surface area contributed by atoms with Crippen molar-refractivity contribution in [2.45, 2.75) is 0 Å². The van der Waals surface area contributed by atoms with Crippen molar-refractivity contribution in [2.24, 2.45) is 0 Å². The summed E-state index contributed by atoms with van der Waals surface area (Å²) in [6.07, 6.45) is 2.64. The fourth-order valence-corrected chi connectivity index (χ4v) is 2.01. The average molecular weight is 354 g/mol. The van der Waals surface area contributed by atoms with Crippen LogP contribution in [0.15, 0.2) is 53.4 Å². The third-order valence-electron chi connectivity index (χ3n) is 3.32. The number of benzene rings is 1. The number of rotatable bonds is 6. The van der Waals surface area contributed by atoms with E-state index in [-0.39, 0.29) is 28.6 Å². The third kappa shape index (κ3) is 3.70. The van der Waals surface area contributed by atoms with Gasteiger partial charge in [0.05, 0.1) is 11.8 Å². The molecule has 1 aromatic carbocycles. The average Bonchev–Trinajstić information content (AvgIpc) is 3.17. The molecule has 10 heteroatoms. The van der Waals surface area contributed by atoms with E-state index >= 15 is 0 Å². The highest BCUT2D eigenvalue weighted by Gasteiger charge is 2.12. The van der Waals surface area contributed by atoms with Crippen LogP contribution in [0, 0.1) is 0 Å². The first-order valence-electron chi connectivity index (χ1n) is 7.35. The van der Waals surface area contributed by atoms with E-state index in [2.05, 4.69) is 26.1 Å². The number of aromatic nitrogens is 2. The van der Waals surface area contributed by atoms with Gasteiger partial charge in [0.15, 0.2) is 17.4 Å². The molecule has 0 saturated carbocycles. The number of hydrazine groups is 1. The van der Waals surface area contributed by atoms with E-state index in [1.807, 2.05) is 0 Å². The first-order chi connectivity index (χ1) is 12.5. The Kier molecular flexibility index (Phi) is 4.65. The highest BCUT2D eigenvalue weighted by Crippen LogP contribution is 2.25. The molecule has 0 unspecified atom stereocenters. The molecule has 132 valence electrons. The molecule has 0 fully saturated rings. The Morgan fingerprint density at radius 1 is 1.08 bits per heavy atom. The normalized spacial score (nSPS) is 10.2. The van der Waals surface area contributed by atoms with Crippen LogP contribution in [0.2, 0.25) is 0 Å². The molecule has 0 radical (unpaired) electrons. The molecule has 0 saturated heterocycles. The number of nitrogens with zero attached hydrogens (tertiary/aromatic N) is 2. The van der Waals surface area contributed by atoms with E-state index in [0.717, 1.165) is 0 Å². The van der Waals surface area contributed by atoms with Gasteiger partial charge in [-0.05, 0) is 36.4 Å². The Bertz CT molecular complexity index is 924. The lowest BCUT2D eigenvalue weighted by Gasteiger charge is -2.12. The van der Waals surface area contributed by atoms with Crippen LogP contribution < -0.4 is 21.9 Å². The summed E-state index contributed by atoms with van der Waals surface area (Å²) >= 11 is 0. The second-order valence-corrected chi connectivity index (χ2v) is 5.05. The van der Waals surface area contributed by atoms with Crippen LogP contribution in [0.5, 0.6) is 0 Å². The zero-order valence-corrected chi connectivity index (χ0v) is 13.3. The number of nitrogen functional groups attached to an aromatic ring is 1. The van der Waals surface area contributed by atoms with Crippen molar-refractivity contribution < 1.29 is 19.1 Å². The number of anilines is 4. The van der Waals surface area contributed by atoms with Crippen LogP contribution in [0.25, 0.3) is 0 Å². The Hall–Kier alpha value is -4.08. The molecule has 1 amide bonds. The fourth-order valence-electron chi connectivity index (χ4n) is 2.01. The van der Waals surface area contributed by atoms with E-state index in [9.17, 15) is 9.59 Å². The first kappa shape index (κ1) is 16.8. The van der Waals surface area contributed by atoms with Crippen molar-refractivity contribution in [3.8, 4) is 0 Å². The lowest BCUT2D eigenvalue weighted by atomic mass is 10.2. The summed E-state index contributed by atoms with van der Waals surface area (Å²) in [4.78, 5) is 30.7. The standard InChI is InChI=1S/C16H14N6O4/c17-12-13(20-10-5-3-9(4-6-10)16(24)25)18-8-19-14(12)21-22-15(23)11-2-1-7-26-11/h1-8H,17H2,(H,22,23)(H,24,25)(H2,18,19,20,21). The van der Waals surface area contributed by atoms with E-state index < -0.39 is 11.9 Å². The number of furan rings is 1. The Morgan fingerprint density at radius 3 is 2.46 bits per heavy atom. The number of hydrogen-bond acceptors (Lipinski definition) is 8. The van der Waals surface area contributed by atoms with Crippen LogP contribution in [0.1, 0.15) is 20.9 Å². The minimum atomic E-state index is -1.02. The molecule has 0 spiro atoms. The largest absolute Gasteiger partial charge is 0.478 e. The first-order valence-corrected chi connectivity index (χ1v) is 7.35. The van der Waals surface area contributed by atoms with Crippen molar-refractivity contribution in [1.82, 2.24) is 15.4 Å². The van der Waals surface area contributed by atoms with E-state index in [1.165, 1.54) is 30.8 Å². The zero-order valence-electron chi connectivity index (χ0n) is 13.3. The highest BCUT2D eigenvalue weighted by molar-refractivity contribution is 5.92. The molecule has 10 nitrogen and oxygen atoms in total. The SMILES string of the molecule is Nc1c(NNC(=O)c2ccco2)ncnc1Nc1ccc(C(=O)O)cc1. The summed E-state index contributed by atoms with van der Waals surface area (Å²) in [7, 11) is 0. The minimum absolute atomic E-state index is 0.127. The highest BCUT2D eigenvalue weighted by atomic mass is 16.4. The summed E-state index contributed by atoms with van der Waals surface area (Å²) in [5, 5.41) is 11.9. The summed E-state index contributed by atoms with van der Waals surface area (Å²) in [6, 6.07) is 9.16. The summed E-state index contributed by atoms with van der Waals surface area (Å²) < 4.78 is 4.97. The molecule has 0 atom stereocenters. The Balaban J connectivity index is 1.70. The van der Waals surface area contributed by atoms with E-state index in [1.54, 1.807) is 18.2 Å². The van der Waals surface area contributed by atoms with Gasteiger partial charge in [-0.3, -0.25) is 15.6 Å². The van der Waals surface area contributed by atoms with Crippen LogP contribution in [-0.2, 0) is 0 Å². The van der Waals surface area contributed by atoms with Crippen molar-refractivity contribution in [2.75, 3.05) is 16.5 Å². The lowest BCUT2D eigenvalue weighted by Crippen LogP contribution is -2.30. The second kappa shape index (κ2) is 7.21. The molecule has 3 aromatic rings. The monoisotopic (exact) mass is 354 g/mol. The maximum absolute atomic E-state index is 11.8. The van der Waals surface area contributed by atoms with Crippen molar-refractivity contribution in [1.29, 1.82) is 0 Å². The van der Waals surface area contributed by atoms with Gasteiger partial charge in [-0.15, -0.1) is 0 Å². The predicted molar refractivity (Wildman–Crippen MR) is 92.9 cm³/mol. The van der Waals surface area contributed by atoms with Gasteiger partial charge in [0, 0.05) is 5.69 Å². The fraction of sp³-hybridized carbons (Fsp3) is 0. The molecule has 26 heavy (non-hydrogen) atoms. The van der Waals surface area contributed by atoms with Crippen LogP contribution in [-0.4, -0.2) is 27.0 Å². The number of hydrogen-bond donors (Lipinski definition) is 5. The maximum Gasteiger partial charge on any atom is 0.335 e. The van der Waals surface area contributed by atoms with Gasteiger partial charge < -0.3 is 20.6 Å². The molecular weight excluding hydrogens is 340 g/mol. The summed E-state index contributed by atoms with van der Waals surface area (Å²) in [5.41, 5.74) is 11.9. The van der Waals surface area contributed by atoms with Crippen LogP contribution in [0.4, 0.5) is 23.0 Å². The van der Waals surface area contributed by atoms with Gasteiger partial charge in [0.2, 0.25) is 0 Å². The number of carbonyl (C=O) groups excluding carboxylic acids is 1. The number of nitrogens with two attached hydrogens (primary N) is 1. The van der Waals surface area contributed by atoms with Gasteiger partial charge >= 0.3 is 11.9 Å². The van der Waals surface area contributed by atoms with E-state index in [0.29, 0.717) is 5.69 Å². The quantitative estimate of drug-likeness (QED) is 0.417. The number of nitrogens with one attached hydrogen (secondary N) is 3. The smallest absolute Gasteiger partial charge is 0.335 e. The van der Waals surface area contributed by atoms with Crippen molar-refractivity contribution in [3.05, 3.63) is 60.3 Å². The molecule has 2 heterocycles. The molecular formula is C16H14N6O4. The summed E-state index contributed by atoms with van der Waals surface area (Å²) in [5.74, 6) is -0.909. The molecule has 6 N–H and O–H groups in total. The van der Waals surface area contributed by atoms with Gasteiger partial charge in [0.25, 0.3) is 0 Å². The molecule has 0 aliphatic heterocycles. The topological polar surface area (TPSA) is 155 Å². The van der Waals surface area contributed by atoms with Crippen molar-refractivity contribution >= 4 is 34.9 Å². The Morgan fingerprint density at radius 2 is 1.81 bits per heavy atom. The predicted octanol–water partition coefficient (Wildman–Crippen LogP) is 1.85. The van der Waals surface area contributed by atoms with Gasteiger partial charge in [-0.2, -0.15) is 0 Å². The van der Waals surface area contributed by atoms with Gasteiger partial charge in [0.1, 0.15) is 12.0 Å². The number of amides is 1. The van der Waals surface area contributed by atoms with Crippen LogP contribution in [0.3, 0.4) is 0 Å². The Labute approximate surface area is 147 Å². The number of carboxylic acids is 1. The third-order valence-corrected chi connectivity index (χ3v) is 3.32. The van der Waals surface area contributed by atoms with Gasteiger partial charge in [-0.1, -0.05) is 0 Å². The molecule has 0 aliphatic rings. The maximum atomic E-state index is 11.8. The van der Waals surface area contributed by atoms with Gasteiger partial charge in [-0.25, -0.2) is 14.8 Å². The second-order valence-electron chi connectivity index (χ2n) is 5.05. The minimum Gasteiger partial charge on any atom is -0.478 e. The molecule has 3 rings (SSSR count). The number of carboxylic acid groups (broad SMARTS) is 1. The number of aromatic carboxylic acids is 1. The lowest BCUT2D eigenvalue weighted by molar-refractivity contribution is 0.0696. The van der Waals surface area contributed by atoms with Crippen molar-refractivity contribution in [3.63, 3.8) is 0 Å². The zero-order chi connectivity index (χ0) is 18.5. The summed E-state index contributed by atoms with van der Waals surface area (Å²) in [6.45, 7) is 0. The molecule has 0 aliphatic carbocycles. The van der Waals surface area contributed by atoms with Crippen LogP contribution >= 0.6 is 0 Å². The molecule has 0 bridgehead atoms. The number of carbonyl (C=O) groups is 2.